The summed E-state index contributed by atoms with van der Waals surface area (Å²) in [7, 11) is -3.50. The second-order valence-electron chi connectivity index (χ2n) is 8.92. The summed E-state index contributed by atoms with van der Waals surface area (Å²) >= 11 is 0. The fourth-order valence-corrected chi connectivity index (χ4v) is 4.85. The summed E-state index contributed by atoms with van der Waals surface area (Å²) in [4.78, 5) is 27.6. The zero-order valence-electron chi connectivity index (χ0n) is 21.4. The lowest BCUT2D eigenvalue weighted by Gasteiger charge is -2.29. The summed E-state index contributed by atoms with van der Waals surface area (Å²) < 4.78 is 26.2. The van der Waals surface area contributed by atoms with Crippen molar-refractivity contribution in [2.45, 2.75) is 58.9 Å². The van der Waals surface area contributed by atoms with Gasteiger partial charge in [-0.2, -0.15) is 0 Å². The van der Waals surface area contributed by atoms with Crippen LogP contribution < -0.4 is 9.62 Å². The second-order valence-corrected chi connectivity index (χ2v) is 10.8. The van der Waals surface area contributed by atoms with Gasteiger partial charge in [-0.1, -0.05) is 55.8 Å². The molecule has 2 amide bonds. The Bertz CT molecular complexity index is 1060. The quantitative estimate of drug-likeness (QED) is 0.398. The summed E-state index contributed by atoms with van der Waals surface area (Å²) in [6.07, 6.45) is 4.18. The molecule has 0 aliphatic rings. The van der Waals surface area contributed by atoms with Crippen molar-refractivity contribution in [3.8, 4) is 0 Å². The Kier molecular flexibility index (Phi) is 11.2. The lowest BCUT2D eigenvalue weighted by molar-refractivity contribution is -0.139. The van der Waals surface area contributed by atoms with Gasteiger partial charge in [0.15, 0.2) is 0 Å². The van der Waals surface area contributed by atoms with Crippen LogP contribution in [0.25, 0.3) is 0 Å². The number of anilines is 1. The van der Waals surface area contributed by atoms with Crippen LogP contribution in [0.1, 0.15) is 50.7 Å². The molecule has 2 aromatic carbocycles. The molecule has 0 aromatic heterocycles. The number of rotatable bonds is 14. The van der Waals surface area contributed by atoms with Gasteiger partial charge in [-0.3, -0.25) is 13.9 Å². The zero-order chi connectivity index (χ0) is 25.8. The monoisotopic (exact) mass is 501 g/mol. The first-order valence-electron chi connectivity index (χ1n) is 12.3. The van der Waals surface area contributed by atoms with Crippen molar-refractivity contribution in [1.29, 1.82) is 0 Å². The van der Waals surface area contributed by atoms with E-state index in [1.165, 1.54) is 10.6 Å². The average molecular weight is 502 g/mol. The highest BCUT2D eigenvalue weighted by Crippen LogP contribution is 2.20. The molecule has 0 unspecified atom stereocenters. The number of hydrogen-bond donors (Lipinski definition) is 1. The predicted octanol–water partition coefficient (Wildman–Crippen LogP) is 3.92. The molecule has 2 aromatic rings. The first kappa shape index (κ1) is 28.4. The molecule has 0 heterocycles. The molecule has 2 rings (SSSR count). The highest BCUT2D eigenvalue weighted by atomic mass is 32.2. The molecule has 0 radical (unpaired) electrons. The number of hydrogen-bond acceptors (Lipinski definition) is 4. The average Bonchev–Trinajstić information content (AvgIpc) is 2.81. The maximum Gasteiger partial charge on any atom is 0.242 e. The Morgan fingerprint density at radius 2 is 1.71 bits per heavy atom. The SMILES string of the molecule is CCCCNC(=O)[C@H](C)N(CCc1ccccc1)C(=O)CCCN(c1cccc(C)c1)S(C)(=O)=O. The van der Waals surface area contributed by atoms with Crippen LogP contribution in [-0.2, 0) is 26.0 Å². The van der Waals surface area contributed by atoms with Crippen LogP contribution in [0.4, 0.5) is 5.69 Å². The van der Waals surface area contributed by atoms with Crippen LogP contribution in [0, 0.1) is 6.92 Å². The van der Waals surface area contributed by atoms with Gasteiger partial charge >= 0.3 is 0 Å². The van der Waals surface area contributed by atoms with Gasteiger partial charge in [0.05, 0.1) is 11.9 Å². The first-order chi connectivity index (χ1) is 16.6. The van der Waals surface area contributed by atoms with Crippen LogP contribution in [0.2, 0.25) is 0 Å². The minimum absolute atomic E-state index is 0.152. The fraction of sp³-hybridized carbons (Fsp3) is 0.481. The molecule has 0 saturated heterocycles. The summed E-state index contributed by atoms with van der Waals surface area (Å²) in [6, 6.07) is 16.5. The maximum atomic E-state index is 13.2. The van der Waals surface area contributed by atoms with Crippen molar-refractivity contribution in [3.05, 3.63) is 65.7 Å². The molecular weight excluding hydrogens is 462 g/mol. The van der Waals surface area contributed by atoms with E-state index in [1.54, 1.807) is 17.9 Å². The number of nitrogens with zero attached hydrogens (tertiary/aromatic N) is 2. The molecule has 0 spiro atoms. The van der Waals surface area contributed by atoms with Crippen LogP contribution in [0.5, 0.6) is 0 Å². The van der Waals surface area contributed by atoms with Crippen molar-refractivity contribution < 1.29 is 18.0 Å². The number of sulfonamides is 1. The van der Waals surface area contributed by atoms with E-state index in [0.717, 1.165) is 24.0 Å². The number of carbonyl (C=O) groups is 2. The largest absolute Gasteiger partial charge is 0.354 e. The van der Waals surface area contributed by atoms with Crippen molar-refractivity contribution in [3.63, 3.8) is 0 Å². The van der Waals surface area contributed by atoms with E-state index in [0.29, 0.717) is 31.6 Å². The zero-order valence-corrected chi connectivity index (χ0v) is 22.2. The number of carbonyl (C=O) groups excluding carboxylic acids is 2. The van der Waals surface area contributed by atoms with E-state index in [-0.39, 0.29) is 24.8 Å². The number of nitrogens with one attached hydrogen (secondary N) is 1. The lowest BCUT2D eigenvalue weighted by Crippen LogP contribution is -2.49. The Morgan fingerprint density at radius 1 is 1.00 bits per heavy atom. The van der Waals surface area contributed by atoms with E-state index < -0.39 is 16.1 Å². The molecule has 0 fully saturated rings. The van der Waals surface area contributed by atoms with Crippen LogP contribution in [0.3, 0.4) is 0 Å². The van der Waals surface area contributed by atoms with Gasteiger partial charge < -0.3 is 10.2 Å². The standard InChI is InChI=1S/C27H39N3O4S/c1-5-6-18-28-27(32)23(3)29(20-17-24-13-8-7-9-14-24)26(31)16-11-19-30(35(4,33)34)25-15-10-12-22(2)21-25/h7-10,12-15,21,23H,5-6,11,16-20H2,1-4H3,(H,28,32)/t23-/m0/s1. The van der Waals surface area contributed by atoms with Crippen molar-refractivity contribution in [1.82, 2.24) is 10.2 Å². The Balaban J connectivity index is 2.08. The highest BCUT2D eigenvalue weighted by Gasteiger charge is 2.26. The van der Waals surface area contributed by atoms with Crippen LogP contribution in [0.15, 0.2) is 54.6 Å². The molecule has 0 aliphatic heterocycles. The summed E-state index contributed by atoms with van der Waals surface area (Å²) in [6.45, 7) is 6.91. The third-order valence-corrected chi connectivity index (χ3v) is 7.12. The molecular formula is C27H39N3O4S. The fourth-order valence-electron chi connectivity index (χ4n) is 3.89. The van der Waals surface area contributed by atoms with Gasteiger partial charge in [0.1, 0.15) is 6.04 Å². The molecule has 0 saturated carbocycles. The van der Waals surface area contributed by atoms with Crippen LogP contribution >= 0.6 is 0 Å². The molecule has 0 aliphatic carbocycles. The molecule has 1 atom stereocenters. The molecule has 0 bridgehead atoms. The number of benzene rings is 2. The van der Waals surface area contributed by atoms with Gasteiger partial charge in [-0.05, 0) is 56.4 Å². The third-order valence-electron chi connectivity index (χ3n) is 5.92. The van der Waals surface area contributed by atoms with Crippen molar-refractivity contribution in [2.24, 2.45) is 0 Å². The summed E-state index contributed by atoms with van der Waals surface area (Å²) in [5.74, 6) is -0.325. The maximum absolute atomic E-state index is 13.2. The third kappa shape index (κ3) is 9.36. The molecule has 1 N–H and O–H groups in total. The summed E-state index contributed by atoms with van der Waals surface area (Å²) in [5.41, 5.74) is 2.64. The van der Waals surface area contributed by atoms with Gasteiger partial charge in [-0.15, -0.1) is 0 Å². The van der Waals surface area contributed by atoms with E-state index >= 15 is 0 Å². The van der Waals surface area contributed by atoms with Gasteiger partial charge in [0, 0.05) is 26.1 Å². The molecule has 192 valence electrons. The predicted molar refractivity (Wildman–Crippen MR) is 142 cm³/mol. The second kappa shape index (κ2) is 13.9. The number of aryl methyl sites for hydroxylation is 1. The van der Waals surface area contributed by atoms with Crippen molar-refractivity contribution in [2.75, 3.05) is 30.2 Å². The summed E-state index contributed by atoms with van der Waals surface area (Å²) in [5, 5.41) is 2.92. The van der Waals surface area contributed by atoms with E-state index in [2.05, 4.69) is 12.2 Å². The molecule has 35 heavy (non-hydrogen) atoms. The Morgan fingerprint density at radius 3 is 2.34 bits per heavy atom. The minimum atomic E-state index is -3.50. The Labute approximate surface area is 210 Å². The number of amides is 2. The van der Waals surface area contributed by atoms with Gasteiger partial charge in [0.25, 0.3) is 0 Å². The Hall–Kier alpha value is -2.87. The number of unbranched alkanes of at least 4 members (excludes halogenated alkanes) is 1. The topological polar surface area (TPSA) is 86.8 Å². The lowest BCUT2D eigenvalue weighted by atomic mass is 10.1. The molecule has 7 nitrogen and oxygen atoms in total. The van der Waals surface area contributed by atoms with Crippen LogP contribution in [-0.4, -0.2) is 57.1 Å². The van der Waals surface area contributed by atoms with E-state index in [4.69, 9.17) is 0 Å². The minimum Gasteiger partial charge on any atom is -0.354 e. The highest BCUT2D eigenvalue weighted by molar-refractivity contribution is 7.92. The van der Waals surface area contributed by atoms with E-state index in [1.807, 2.05) is 55.5 Å². The smallest absolute Gasteiger partial charge is 0.242 e. The van der Waals surface area contributed by atoms with Crippen molar-refractivity contribution >= 4 is 27.5 Å². The normalized spacial score (nSPS) is 12.1. The van der Waals surface area contributed by atoms with Gasteiger partial charge in [-0.25, -0.2) is 8.42 Å². The first-order valence-corrected chi connectivity index (χ1v) is 14.1. The molecule has 8 heteroatoms. The van der Waals surface area contributed by atoms with Gasteiger partial charge in [0.2, 0.25) is 21.8 Å². The van der Waals surface area contributed by atoms with E-state index in [9.17, 15) is 18.0 Å².